The standard InChI is InChI=1S/C23H17ClFNO5/c24-14-10-16-19(26-11-14)22(30)20(27)17(21(28)29)18(12-4-2-1-3-5-12)23(22,31-16)13-6-8-15(25)9-7-13/h1-11,17-18,20,27,30H,(H,28,29)/t17-,18-,20-,22?,23+/m1/s1. The highest BCUT2D eigenvalue weighted by Crippen LogP contribution is 2.68. The molecule has 31 heavy (non-hydrogen) atoms. The van der Waals surface area contributed by atoms with E-state index in [1.807, 2.05) is 0 Å². The molecule has 1 fully saturated rings. The number of aliphatic hydroxyl groups is 2. The Morgan fingerprint density at radius 2 is 1.81 bits per heavy atom. The van der Waals surface area contributed by atoms with Crippen LogP contribution in [-0.2, 0) is 16.0 Å². The summed E-state index contributed by atoms with van der Waals surface area (Å²) in [5.41, 5.74) is -3.19. The maximum atomic E-state index is 13.8. The Balaban J connectivity index is 1.87. The van der Waals surface area contributed by atoms with Gasteiger partial charge in [0, 0.05) is 18.2 Å². The van der Waals surface area contributed by atoms with Crippen molar-refractivity contribution in [3.05, 3.63) is 94.5 Å². The fourth-order valence-corrected chi connectivity index (χ4v) is 5.25. The third kappa shape index (κ3) is 2.51. The highest BCUT2D eigenvalue weighted by molar-refractivity contribution is 6.30. The van der Waals surface area contributed by atoms with Gasteiger partial charge in [-0.3, -0.25) is 9.78 Å². The largest absolute Gasteiger partial charge is 0.481 e. The van der Waals surface area contributed by atoms with E-state index < -0.39 is 40.9 Å². The van der Waals surface area contributed by atoms with Crippen molar-refractivity contribution >= 4 is 17.6 Å². The summed E-state index contributed by atoms with van der Waals surface area (Å²) in [6.45, 7) is 0. The van der Waals surface area contributed by atoms with Gasteiger partial charge in [0.25, 0.3) is 0 Å². The molecule has 0 bridgehead atoms. The van der Waals surface area contributed by atoms with Gasteiger partial charge in [0.1, 0.15) is 23.4 Å². The molecule has 1 aliphatic heterocycles. The summed E-state index contributed by atoms with van der Waals surface area (Å²) in [6.07, 6.45) is -0.476. The van der Waals surface area contributed by atoms with E-state index in [4.69, 9.17) is 16.3 Å². The second-order valence-electron chi connectivity index (χ2n) is 7.81. The van der Waals surface area contributed by atoms with Crippen molar-refractivity contribution in [1.82, 2.24) is 4.98 Å². The molecule has 2 aromatic carbocycles. The van der Waals surface area contributed by atoms with Crippen LogP contribution in [0.2, 0.25) is 5.02 Å². The third-order valence-corrected chi connectivity index (χ3v) is 6.51. The van der Waals surface area contributed by atoms with E-state index >= 15 is 0 Å². The molecule has 1 aliphatic carbocycles. The number of halogens is 2. The molecule has 6 nitrogen and oxygen atoms in total. The average Bonchev–Trinajstić information content (AvgIpc) is 3.12. The number of pyridine rings is 1. The predicted octanol–water partition coefficient (Wildman–Crippen LogP) is 3.21. The Morgan fingerprint density at radius 3 is 2.45 bits per heavy atom. The van der Waals surface area contributed by atoms with Gasteiger partial charge in [-0.05, 0) is 23.3 Å². The molecule has 2 heterocycles. The number of ether oxygens (including phenoxy) is 1. The van der Waals surface area contributed by atoms with Crippen molar-refractivity contribution in [2.75, 3.05) is 0 Å². The van der Waals surface area contributed by atoms with Crippen LogP contribution in [0.15, 0.2) is 66.9 Å². The molecule has 5 rings (SSSR count). The minimum atomic E-state index is -2.23. The summed E-state index contributed by atoms with van der Waals surface area (Å²) >= 11 is 6.08. The lowest BCUT2D eigenvalue weighted by molar-refractivity contribution is -0.160. The summed E-state index contributed by atoms with van der Waals surface area (Å²) in [4.78, 5) is 16.5. The van der Waals surface area contributed by atoms with Crippen LogP contribution >= 0.6 is 11.6 Å². The lowest BCUT2D eigenvalue weighted by Crippen LogP contribution is -2.52. The van der Waals surface area contributed by atoms with E-state index in [9.17, 15) is 24.5 Å². The van der Waals surface area contributed by atoms with E-state index in [0.29, 0.717) is 11.1 Å². The summed E-state index contributed by atoms with van der Waals surface area (Å²) in [7, 11) is 0. The topological polar surface area (TPSA) is 99.9 Å². The molecular weight excluding hydrogens is 425 g/mol. The van der Waals surface area contributed by atoms with Gasteiger partial charge < -0.3 is 20.1 Å². The molecule has 2 aliphatic rings. The van der Waals surface area contributed by atoms with Crippen LogP contribution in [0.25, 0.3) is 0 Å². The average molecular weight is 442 g/mol. The molecule has 1 unspecified atom stereocenters. The summed E-state index contributed by atoms with van der Waals surface area (Å²) in [5.74, 6) is -4.13. The number of carboxylic acids is 1. The first-order chi connectivity index (χ1) is 14.8. The number of rotatable bonds is 3. The van der Waals surface area contributed by atoms with Crippen molar-refractivity contribution in [3.8, 4) is 5.75 Å². The first-order valence-electron chi connectivity index (χ1n) is 9.60. The third-order valence-electron chi connectivity index (χ3n) is 6.30. The van der Waals surface area contributed by atoms with Gasteiger partial charge >= 0.3 is 5.97 Å². The van der Waals surface area contributed by atoms with Crippen molar-refractivity contribution < 1.29 is 29.2 Å². The van der Waals surface area contributed by atoms with Crippen LogP contribution in [0.3, 0.4) is 0 Å². The van der Waals surface area contributed by atoms with Gasteiger partial charge in [0.2, 0.25) is 0 Å². The number of carboxylic acid groups (broad SMARTS) is 1. The molecule has 0 amide bonds. The van der Waals surface area contributed by atoms with E-state index in [0.717, 1.165) is 0 Å². The SMILES string of the molecule is O=C(O)[C@H]1[C@@H](O)C2(O)c3ncc(Cl)cc3O[C@@]2(c2ccc(F)cc2)[C@@H]1c1ccccc1. The Bertz CT molecular complexity index is 1170. The van der Waals surface area contributed by atoms with Gasteiger partial charge in [-0.25, -0.2) is 4.39 Å². The zero-order chi connectivity index (χ0) is 22.0. The summed E-state index contributed by atoms with van der Waals surface area (Å²) in [6, 6.07) is 15.3. The van der Waals surface area contributed by atoms with Crippen LogP contribution in [0.4, 0.5) is 4.39 Å². The molecule has 1 saturated carbocycles. The van der Waals surface area contributed by atoms with E-state index in [-0.39, 0.29) is 16.5 Å². The number of fused-ring (bicyclic) bond motifs is 3. The highest BCUT2D eigenvalue weighted by atomic mass is 35.5. The first kappa shape index (κ1) is 19.9. The zero-order valence-electron chi connectivity index (χ0n) is 15.9. The number of benzene rings is 2. The fraction of sp³-hybridized carbons (Fsp3) is 0.217. The van der Waals surface area contributed by atoms with Crippen LogP contribution in [0.1, 0.15) is 22.7 Å². The summed E-state index contributed by atoms with van der Waals surface area (Å²) in [5, 5.41) is 33.6. The van der Waals surface area contributed by atoms with Crippen LogP contribution in [-0.4, -0.2) is 32.4 Å². The van der Waals surface area contributed by atoms with Crippen molar-refractivity contribution in [2.24, 2.45) is 5.92 Å². The molecule has 5 atom stereocenters. The molecule has 8 heteroatoms. The van der Waals surface area contributed by atoms with Gasteiger partial charge in [0.05, 0.1) is 10.9 Å². The van der Waals surface area contributed by atoms with Gasteiger partial charge in [-0.15, -0.1) is 0 Å². The van der Waals surface area contributed by atoms with Crippen molar-refractivity contribution in [1.29, 1.82) is 0 Å². The maximum absolute atomic E-state index is 13.8. The molecule has 3 aromatic rings. The van der Waals surface area contributed by atoms with E-state index in [2.05, 4.69) is 4.98 Å². The highest BCUT2D eigenvalue weighted by Gasteiger charge is 2.78. The van der Waals surface area contributed by atoms with Gasteiger partial charge in [-0.1, -0.05) is 54.1 Å². The molecule has 0 spiro atoms. The Kier molecular flexibility index (Phi) is 4.34. The number of aliphatic hydroxyl groups excluding tert-OH is 1. The van der Waals surface area contributed by atoms with E-state index in [1.165, 1.54) is 36.5 Å². The maximum Gasteiger partial charge on any atom is 0.310 e. The summed E-state index contributed by atoms with van der Waals surface area (Å²) < 4.78 is 20.1. The van der Waals surface area contributed by atoms with E-state index in [1.54, 1.807) is 30.3 Å². The second-order valence-corrected chi connectivity index (χ2v) is 8.24. The van der Waals surface area contributed by atoms with Gasteiger partial charge in [0.15, 0.2) is 11.2 Å². The Hall–Kier alpha value is -3.00. The van der Waals surface area contributed by atoms with Crippen molar-refractivity contribution in [2.45, 2.75) is 23.2 Å². The second kappa shape index (κ2) is 6.75. The fourth-order valence-electron chi connectivity index (χ4n) is 5.10. The molecule has 158 valence electrons. The van der Waals surface area contributed by atoms with Crippen LogP contribution < -0.4 is 4.74 Å². The molecular formula is C23H17ClFNO5. The molecule has 0 saturated heterocycles. The molecule has 1 aromatic heterocycles. The van der Waals surface area contributed by atoms with Crippen molar-refractivity contribution in [3.63, 3.8) is 0 Å². The monoisotopic (exact) mass is 441 g/mol. The number of nitrogens with zero attached hydrogens (tertiary/aromatic N) is 1. The lowest BCUT2D eigenvalue weighted by Gasteiger charge is -2.40. The number of hydrogen-bond acceptors (Lipinski definition) is 5. The zero-order valence-corrected chi connectivity index (χ0v) is 16.7. The minimum Gasteiger partial charge on any atom is -0.481 e. The van der Waals surface area contributed by atoms with Crippen LogP contribution in [0.5, 0.6) is 5.75 Å². The Morgan fingerprint density at radius 1 is 1.13 bits per heavy atom. The smallest absolute Gasteiger partial charge is 0.310 e. The van der Waals surface area contributed by atoms with Crippen LogP contribution in [0, 0.1) is 11.7 Å². The normalized spacial score (nSPS) is 31.0. The number of hydrogen-bond donors (Lipinski definition) is 3. The Labute approximate surface area is 181 Å². The molecule has 0 radical (unpaired) electrons. The predicted molar refractivity (Wildman–Crippen MR) is 108 cm³/mol. The number of carbonyl (C=O) groups is 1. The molecule has 3 N–H and O–H groups in total. The quantitative estimate of drug-likeness (QED) is 0.577. The first-order valence-corrected chi connectivity index (χ1v) is 9.97. The minimum absolute atomic E-state index is 0.0154. The van der Waals surface area contributed by atoms with Gasteiger partial charge in [-0.2, -0.15) is 0 Å². The lowest BCUT2D eigenvalue weighted by atomic mass is 9.71. The number of aliphatic carboxylic acids is 1. The number of aromatic nitrogens is 1.